The van der Waals surface area contributed by atoms with Crippen molar-refractivity contribution < 1.29 is 5.11 Å². The number of benzene rings is 2. The van der Waals surface area contributed by atoms with Crippen LogP contribution in [0.25, 0.3) is 4.96 Å². The fraction of sp³-hybridized carbons (Fsp3) is 0.304. The fourth-order valence-electron chi connectivity index (χ4n) is 4.17. The zero-order valence-electron chi connectivity index (χ0n) is 17.3. The molecule has 2 aromatic carbocycles. The predicted octanol–water partition coefficient (Wildman–Crippen LogP) is 4.62. The standard InChI is InChI=1S/C23H24ClN5OS/c1-2-19-25-23-29(26-19)22(30)21(31-23)20(16-8-10-17(24)11-9-16)28-14-12-27(13-15-28)18-6-4-3-5-7-18/h3-11,20,30H,2,12-15H2,1H3. The quantitative estimate of drug-likeness (QED) is 0.477. The van der Waals surface area contributed by atoms with Crippen molar-refractivity contribution >= 4 is 33.6 Å². The summed E-state index contributed by atoms with van der Waals surface area (Å²) >= 11 is 7.66. The Morgan fingerprint density at radius 3 is 2.39 bits per heavy atom. The average molecular weight is 454 g/mol. The predicted molar refractivity (Wildman–Crippen MR) is 125 cm³/mol. The zero-order valence-corrected chi connectivity index (χ0v) is 18.9. The van der Waals surface area contributed by atoms with Gasteiger partial charge in [-0.05, 0) is 29.8 Å². The molecular formula is C23H24ClN5OS. The molecular weight excluding hydrogens is 430 g/mol. The third kappa shape index (κ3) is 3.89. The number of anilines is 1. The van der Waals surface area contributed by atoms with Gasteiger partial charge in [0.1, 0.15) is 0 Å². The molecule has 0 bridgehead atoms. The summed E-state index contributed by atoms with van der Waals surface area (Å²) in [5.41, 5.74) is 2.35. The Labute approximate surface area is 190 Å². The highest BCUT2D eigenvalue weighted by atomic mass is 35.5. The molecule has 31 heavy (non-hydrogen) atoms. The van der Waals surface area contributed by atoms with Crippen LogP contribution in [-0.4, -0.2) is 50.8 Å². The van der Waals surface area contributed by atoms with E-state index in [1.807, 2.05) is 37.3 Å². The number of rotatable bonds is 5. The first-order valence-electron chi connectivity index (χ1n) is 10.5. The first-order chi connectivity index (χ1) is 15.1. The number of aromatic hydroxyl groups is 1. The minimum atomic E-state index is -0.0752. The Morgan fingerprint density at radius 1 is 1.03 bits per heavy atom. The summed E-state index contributed by atoms with van der Waals surface area (Å²) < 4.78 is 1.57. The molecule has 1 aliphatic heterocycles. The number of aryl methyl sites for hydroxylation is 1. The molecule has 0 amide bonds. The average Bonchev–Trinajstić information content (AvgIpc) is 3.35. The molecule has 0 saturated carbocycles. The lowest BCUT2D eigenvalue weighted by molar-refractivity contribution is 0.211. The number of thiazole rings is 1. The Hall–Kier alpha value is -2.61. The van der Waals surface area contributed by atoms with Crippen LogP contribution in [0.4, 0.5) is 5.69 Å². The third-order valence-corrected chi connectivity index (χ3v) is 7.12. The summed E-state index contributed by atoms with van der Waals surface area (Å²) in [4.78, 5) is 11.0. The van der Waals surface area contributed by atoms with E-state index in [0.29, 0.717) is 5.02 Å². The van der Waals surface area contributed by atoms with Crippen LogP contribution in [0, 0.1) is 0 Å². The highest BCUT2D eigenvalue weighted by molar-refractivity contribution is 7.17. The minimum Gasteiger partial charge on any atom is -0.492 e. The van der Waals surface area contributed by atoms with Gasteiger partial charge in [-0.3, -0.25) is 4.90 Å². The summed E-state index contributed by atoms with van der Waals surface area (Å²) in [7, 11) is 0. The van der Waals surface area contributed by atoms with Gasteiger partial charge in [-0.2, -0.15) is 4.52 Å². The maximum absolute atomic E-state index is 11.1. The van der Waals surface area contributed by atoms with Crippen LogP contribution in [0.2, 0.25) is 5.02 Å². The van der Waals surface area contributed by atoms with Gasteiger partial charge in [0.25, 0.3) is 0 Å². The molecule has 3 heterocycles. The molecule has 4 aromatic rings. The fourth-order valence-corrected chi connectivity index (χ4v) is 5.43. The van der Waals surface area contributed by atoms with Crippen molar-refractivity contribution in [2.75, 3.05) is 31.1 Å². The minimum absolute atomic E-state index is 0.0752. The molecule has 1 fully saturated rings. The number of aromatic nitrogens is 3. The van der Waals surface area contributed by atoms with Crippen molar-refractivity contribution in [1.29, 1.82) is 0 Å². The van der Waals surface area contributed by atoms with E-state index in [2.05, 4.69) is 44.1 Å². The van der Waals surface area contributed by atoms with Crippen LogP contribution in [0.1, 0.15) is 29.2 Å². The highest BCUT2D eigenvalue weighted by Gasteiger charge is 2.31. The topological polar surface area (TPSA) is 56.9 Å². The van der Waals surface area contributed by atoms with Crippen molar-refractivity contribution in [2.45, 2.75) is 19.4 Å². The molecule has 160 valence electrons. The van der Waals surface area contributed by atoms with Gasteiger partial charge in [-0.15, -0.1) is 5.10 Å². The molecule has 1 unspecified atom stereocenters. The summed E-state index contributed by atoms with van der Waals surface area (Å²) in [5.74, 6) is 0.922. The van der Waals surface area contributed by atoms with E-state index in [9.17, 15) is 5.11 Å². The number of hydrogen-bond donors (Lipinski definition) is 1. The number of piperazine rings is 1. The molecule has 5 rings (SSSR count). The summed E-state index contributed by atoms with van der Waals surface area (Å²) in [6.45, 7) is 5.64. The van der Waals surface area contributed by atoms with E-state index in [1.54, 1.807) is 4.52 Å². The Bertz CT molecular complexity index is 1170. The molecule has 1 atom stereocenters. The number of nitrogens with zero attached hydrogens (tertiary/aromatic N) is 5. The van der Waals surface area contributed by atoms with Crippen LogP contribution in [0.5, 0.6) is 5.88 Å². The summed E-state index contributed by atoms with van der Waals surface area (Å²) in [6, 6.07) is 18.4. The third-order valence-electron chi connectivity index (χ3n) is 5.79. The van der Waals surface area contributed by atoms with E-state index in [0.717, 1.165) is 53.8 Å². The Kier molecular flexibility index (Phi) is 5.56. The lowest BCUT2D eigenvalue weighted by atomic mass is 10.0. The van der Waals surface area contributed by atoms with Crippen LogP contribution in [0.15, 0.2) is 54.6 Å². The molecule has 0 radical (unpaired) electrons. The Balaban J connectivity index is 1.48. The van der Waals surface area contributed by atoms with Crippen LogP contribution >= 0.6 is 22.9 Å². The van der Waals surface area contributed by atoms with Gasteiger partial charge >= 0.3 is 0 Å². The second kappa shape index (κ2) is 8.49. The summed E-state index contributed by atoms with van der Waals surface area (Å²) in [5, 5.41) is 16.2. The second-order valence-corrected chi connectivity index (χ2v) is 9.12. The van der Waals surface area contributed by atoms with Gasteiger partial charge in [0.2, 0.25) is 10.8 Å². The van der Waals surface area contributed by atoms with Crippen molar-refractivity contribution in [2.24, 2.45) is 0 Å². The molecule has 0 aliphatic carbocycles. The molecule has 1 saturated heterocycles. The van der Waals surface area contributed by atoms with E-state index < -0.39 is 0 Å². The zero-order chi connectivity index (χ0) is 21.4. The van der Waals surface area contributed by atoms with E-state index in [1.165, 1.54) is 17.0 Å². The largest absolute Gasteiger partial charge is 0.492 e. The Morgan fingerprint density at radius 2 is 1.74 bits per heavy atom. The molecule has 6 nitrogen and oxygen atoms in total. The maximum atomic E-state index is 11.1. The SMILES string of the molecule is CCc1nc2sc(C(c3ccc(Cl)cc3)N3CCN(c4ccccc4)CC3)c(O)n2n1. The first kappa shape index (κ1) is 20.3. The highest BCUT2D eigenvalue weighted by Crippen LogP contribution is 2.40. The number of hydrogen-bond acceptors (Lipinski definition) is 6. The molecule has 8 heteroatoms. The van der Waals surface area contributed by atoms with Gasteiger partial charge < -0.3 is 10.0 Å². The normalized spacial score (nSPS) is 16.1. The lowest BCUT2D eigenvalue weighted by Crippen LogP contribution is -2.47. The van der Waals surface area contributed by atoms with Crippen LogP contribution in [0.3, 0.4) is 0 Å². The van der Waals surface area contributed by atoms with Crippen LogP contribution < -0.4 is 4.90 Å². The van der Waals surface area contributed by atoms with Gasteiger partial charge in [0, 0.05) is 43.3 Å². The van der Waals surface area contributed by atoms with Crippen molar-refractivity contribution in [3.8, 4) is 5.88 Å². The van der Waals surface area contributed by atoms with Crippen molar-refractivity contribution in [3.05, 3.63) is 75.9 Å². The van der Waals surface area contributed by atoms with Gasteiger partial charge in [0.15, 0.2) is 5.82 Å². The first-order valence-corrected chi connectivity index (χ1v) is 11.7. The molecule has 0 spiro atoms. The lowest BCUT2D eigenvalue weighted by Gasteiger charge is -2.40. The van der Waals surface area contributed by atoms with Gasteiger partial charge in [-0.25, -0.2) is 4.98 Å². The number of fused-ring (bicyclic) bond motifs is 1. The molecule has 1 N–H and O–H groups in total. The van der Waals surface area contributed by atoms with Crippen molar-refractivity contribution in [1.82, 2.24) is 19.5 Å². The summed E-state index contributed by atoms with van der Waals surface area (Å²) in [6.07, 6.45) is 0.741. The molecule has 2 aromatic heterocycles. The monoisotopic (exact) mass is 453 g/mol. The van der Waals surface area contributed by atoms with Crippen LogP contribution in [-0.2, 0) is 6.42 Å². The van der Waals surface area contributed by atoms with E-state index in [-0.39, 0.29) is 11.9 Å². The number of para-hydroxylation sites is 1. The maximum Gasteiger partial charge on any atom is 0.230 e. The van der Waals surface area contributed by atoms with Gasteiger partial charge in [-0.1, -0.05) is 60.2 Å². The van der Waals surface area contributed by atoms with Crippen molar-refractivity contribution in [3.63, 3.8) is 0 Å². The van der Waals surface area contributed by atoms with E-state index in [4.69, 9.17) is 11.6 Å². The smallest absolute Gasteiger partial charge is 0.230 e. The number of halogens is 1. The van der Waals surface area contributed by atoms with Gasteiger partial charge in [0.05, 0.1) is 10.9 Å². The van der Waals surface area contributed by atoms with E-state index >= 15 is 0 Å². The molecule has 1 aliphatic rings. The second-order valence-electron chi connectivity index (χ2n) is 7.68.